The van der Waals surface area contributed by atoms with Crippen LogP contribution in [0.5, 0.6) is 5.75 Å². The molecule has 0 aliphatic heterocycles. The Bertz CT molecular complexity index is 539. The number of ether oxygens (including phenoxy) is 1. The van der Waals surface area contributed by atoms with Crippen LogP contribution in [0.2, 0.25) is 0 Å². The lowest BCUT2D eigenvalue weighted by Crippen LogP contribution is -2.46. The van der Waals surface area contributed by atoms with Crippen molar-refractivity contribution in [2.75, 3.05) is 13.7 Å². The fourth-order valence-corrected chi connectivity index (χ4v) is 2.64. The van der Waals surface area contributed by atoms with Gasteiger partial charge in [-0.05, 0) is 18.9 Å². The van der Waals surface area contributed by atoms with E-state index < -0.39 is 17.4 Å². The van der Waals surface area contributed by atoms with E-state index >= 15 is 0 Å². The first-order valence-corrected chi connectivity index (χ1v) is 7.44. The van der Waals surface area contributed by atoms with E-state index in [2.05, 4.69) is 10.6 Å². The number of para-hydroxylation sites is 1. The molecule has 0 unspecified atom stereocenters. The second-order valence-electron chi connectivity index (χ2n) is 5.61. The lowest BCUT2D eigenvalue weighted by molar-refractivity contribution is -0.139. The van der Waals surface area contributed by atoms with Crippen LogP contribution < -0.4 is 15.4 Å². The molecule has 0 saturated heterocycles. The van der Waals surface area contributed by atoms with E-state index in [1.54, 1.807) is 13.2 Å². The first-order valence-electron chi connectivity index (χ1n) is 7.44. The highest BCUT2D eigenvalue weighted by Gasteiger charge is 2.31. The number of amides is 2. The van der Waals surface area contributed by atoms with Crippen molar-refractivity contribution in [3.63, 3.8) is 0 Å². The predicted molar refractivity (Wildman–Crippen MR) is 81.3 cm³/mol. The maximum absolute atomic E-state index is 11.8. The minimum Gasteiger partial charge on any atom is -0.496 e. The van der Waals surface area contributed by atoms with Gasteiger partial charge in [-0.1, -0.05) is 31.0 Å². The maximum atomic E-state index is 11.8. The standard InChI is InChI=1S/C16H22N2O4/c1-22-13-7-3-2-6-12(13)10-17-14(19)15(20)18-11-16(21)8-4-5-9-16/h2-3,6-7,21H,4-5,8-11H2,1H3,(H,17,19)(H,18,20). The topological polar surface area (TPSA) is 87.7 Å². The van der Waals surface area contributed by atoms with E-state index in [1.807, 2.05) is 18.2 Å². The van der Waals surface area contributed by atoms with Crippen molar-refractivity contribution >= 4 is 11.8 Å². The molecule has 1 aliphatic carbocycles. The number of benzene rings is 1. The highest BCUT2D eigenvalue weighted by Crippen LogP contribution is 2.28. The molecule has 6 heteroatoms. The number of carbonyl (C=O) groups excluding carboxylic acids is 2. The van der Waals surface area contributed by atoms with Crippen molar-refractivity contribution in [1.82, 2.24) is 10.6 Å². The Labute approximate surface area is 129 Å². The van der Waals surface area contributed by atoms with Crippen molar-refractivity contribution in [3.05, 3.63) is 29.8 Å². The average molecular weight is 306 g/mol. The SMILES string of the molecule is COc1ccccc1CNC(=O)C(=O)NCC1(O)CCCC1. The van der Waals surface area contributed by atoms with E-state index in [9.17, 15) is 14.7 Å². The van der Waals surface area contributed by atoms with Crippen molar-refractivity contribution in [2.24, 2.45) is 0 Å². The number of rotatable bonds is 5. The van der Waals surface area contributed by atoms with E-state index in [1.165, 1.54) is 0 Å². The first-order chi connectivity index (χ1) is 10.5. The summed E-state index contributed by atoms with van der Waals surface area (Å²) in [6.45, 7) is 0.328. The number of carbonyl (C=O) groups is 2. The Kier molecular flexibility index (Phi) is 5.38. The third kappa shape index (κ3) is 4.21. The van der Waals surface area contributed by atoms with Crippen LogP contribution in [0.1, 0.15) is 31.2 Å². The van der Waals surface area contributed by atoms with Crippen LogP contribution in [0.15, 0.2) is 24.3 Å². The van der Waals surface area contributed by atoms with E-state index in [0.29, 0.717) is 18.6 Å². The highest BCUT2D eigenvalue weighted by molar-refractivity contribution is 6.35. The van der Waals surface area contributed by atoms with Gasteiger partial charge in [0.15, 0.2) is 0 Å². The summed E-state index contributed by atoms with van der Waals surface area (Å²) in [5.74, 6) is -0.786. The van der Waals surface area contributed by atoms with Crippen LogP contribution in [0.3, 0.4) is 0 Å². The van der Waals surface area contributed by atoms with Crippen LogP contribution in [-0.4, -0.2) is 36.2 Å². The summed E-state index contributed by atoms with van der Waals surface area (Å²) >= 11 is 0. The molecule has 1 aromatic rings. The zero-order valence-corrected chi connectivity index (χ0v) is 12.7. The molecule has 120 valence electrons. The molecule has 0 heterocycles. The maximum Gasteiger partial charge on any atom is 0.309 e. The molecule has 0 radical (unpaired) electrons. The van der Waals surface area contributed by atoms with Gasteiger partial charge >= 0.3 is 11.8 Å². The van der Waals surface area contributed by atoms with E-state index in [-0.39, 0.29) is 13.1 Å². The Balaban J connectivity index is 1.80. The molecule has 0 spiro atoms. The molecule has 3 N–H and O–H groups in total. The monoisotopic (exact) mass is 306 g/mol. The van der Waals surface area contributed by atoms with Crippen LogP contribution in [0.25, 0.3) is 0 Å². The Morgan fingerprint density at radius 1 is 1.18 bits per heavy atom. The average Bonchev–Trinajstić information content (AvgIpc) is 2.97. The van der Waals surface area contributed by atoms with Gasteiger partial charge in [-0.25, -0.2) is 0 Å². The van der Waals surface area contributed by atoms with Gasteiger partial charge in [0, 0.05) is 18.7 Å². The number of hydrogen-bond donors (Lipinski definition) is 3. The summed E-state index contributed by atoms with van der Waals surface area (Å²) in [5, 5.41) is 15.2. The molecule has 1 aliphatic rings. The van der Waals surface area contributed by atoms with Crippen LogP contribution in [0, 0.1) is 0 Å². The minimum absolute atomic E-state index is 0.119. The highest BCUT2D eigenvalue weighted by atomic mass is 16.5. The second kappa shape index (κ2) is 7.26. The molecule has 0 aromatic heterocycles. The molecule has 2 amide bonds. The van der Waals surface area contributed by atoms with Gasteiger partial charge in [0.2, 0.25) is 0 Å². The summed E-state index contributed by atoms with van der Waals surface area (Å²) in [5.41, 5.74) is -0.0703. The number of hydrogen-bond acceptors (Lipinski definition) is 4. The summed E-state index contributed by atoms with van der Waals surface area (Å²) in [7, 11) is 1.55. The van der Waals surface area contributed by atoms with Gasteiger partial charge in [0.05, 0.1) is 12.7 Å². The summed E-state index contributed by atoms with van der Waals surface area (Å²) in [6.07, 6.45) is 3.23. The molecule has 22 heavy (non-hydrogen) atoms. The molecule has 1 saturated carbocycles. The fourth-order valence-electron chi connectivity index (χ4n) is 2.64. The Morgan fingerprint density at radius 3 is 2.50 bits per heavy atom. The molecule has 6 nitrogen and oxygen atoms in total. The number of methoxy groups -OCH3 is 1. The summed E-state index contributed by atoms with van der Waals surface area (Å²) in [4.78, 5) is 23.5. The molecule has 2 rings (SSSR count). The molecular formula is C16H22N2O4. The Morgan fingerprint density at radius 2 is 1.82 bits per heavy atom. The molecule has 0 bridgehead atoms. The van der Waals surface area contributed by atoms with Crippen molar-refractivity contribution in [2.45, 2.75) is 37.8 Å². The van der Waals surface area contributed by atoms with Gasteiger partial charge in [0.1, 0.15) is 5.75 Å². The van der Waals surface area contributed by atoms with Crippen LogP contribution >= 0.6 is 0 Å². The smallest absolute Gasteiger partial charge is 0.309 e. The van der Waals surface area contributed by atoms with E-state index in [4.69, 9.17) is 4.74 Å². The van der Waals surface area contributed by atoms with Gasteiger partial charge in [-0.3, -0.25) is 9.59 Å². The molecular weight excluding hydrogens is 284 g/mol. The molecule has 1 aromatic carbocycles. The van der Waals surface area contributed by atoms with Crippen molar-refractivity contribution < 1.29 is 19.4 Å². The van der Waals surface area contributed by atoms with Crippen molar-refractivity contribution in [3.8, 4) is 5.75 Å². The molecule has 1 fully saturated rings. The lowest BCUT2D eigenvalue weighted by atomic mass is 10.0. The Hall–Kier alpha value is -2.08. The van der Waals surface area contributed by atoms with Crippen LogP contribution in [0.4, 0.5) is 0 Å². The normalized spacial score (nSPS) is 16.1. The largest absolute Gasteiger partial charge is 0.496 e. The van der Waals surface area contributed by atoms with Gasteiger partial charge in [-0.2, -0.15) is 0 Å². The third-order valence-corrected chi connectivity index (χ3v) is 3.95. The zero-order valence-electron chi connectivity index (χ0n) is 12.7. The summed E-state index contributed by atoms with van der Waals surface area (Å²) < 4.78 is 5.18. The zero-order chi connectivity index (χ0) is 16.0. The summed E-state index contributed by atoms with van der Waals surface area (Å²) in [6, 6.07) is 7.27. The molecule has 0 atom stereocenters. The van der Waals surface area contributed by atoms with Crippen LogP contribution in [-0.2, 0) is 16.1 Å². The van der Waals surface area contributed by atoms with Gasteiger partial charge in [-0.15, -0.1) is 0 Å². The quantitative estimate of drug-likeness (QED) is 0.700. The second-order valence-corrected chi connectivity index (χ2v) is 5.61. The minimum atomic E-state index is -0.863. The van der Waals surface area contributed by atoms with Crippen molar-refractivity contribution in [1.29, 1.82) is 0 Å². The fraction of sp³-hybridized carbons (Fsp3) is 0.500. The predicted octanol–water partition coefficient (Wildman–Crippen LogP) is 0.733. The third-order valence-electron chi connectivity index (χ3n) is 3.95. The lowest BCUT2D eigenvalue weighted by Gasteiger charge is -2.22. The first kappa shape index (κ1) is 16.3. The van der Waals surface area contributed by atoms with Gasteiger partial charge < -0.3 is 20.5 Å². The number of aliphatic hydroxyl groups is 1. The van der Waals surface area contributed by atoms with Gasteiger partial charge in [0.25, 0.3) is 0 Å². The number of nitrogens with one attached hydrogen (secondary N) is 2. The van der Waals surface area contributed by atoms with E-state index in [0.717, 1.165) is 18.4 Å².